The Kier molecular flexibility index (Phi) is 5.94. The van der Waals surface area contributed by atoms with Crippen LogP contribution in [0, 0.1) is 11.8 Å². The molecule has 1 aromatic carbocycles. The van der Waals surface area contributed by atoms with Gasteiger partial charge in [0.1, 0.15) is 0 Å². The van der Waals surface area contributed by atoms with E-state index in [-0.39, 0.29) is 5.91 Å². The first-order valence-electron chi connectivity index (χ1n) is 10.7. The number of carbonyl (C=O) groups is 1. The highest BCUT2D eigenvalue weighted by Gasteiger charge is 2.25. The highest BCUT2D eigenvalue weighted by molar-refractivity contribution is 5.94. The fourth-order valence-electron chi connectivity index (χ4n) is 4.45. The second-order valence-electron chi connectivity index (χ2n) is 8.53. The number of nitrogens with zero attached hydrogens (tertiary/aromatic N) is 3. The van der Waals surface area contributed by atoms with Gasteiger partial charge in [-0.2, -0.15) is 0 Å². The first-order valence-corrected chi connectivity index (χ1v) is 10.7. The van der Waals surface area contributed by atoms with Crippen molar-refractivity contribution >= 4 is 11.6 Å². The maximum absolute atomic E-state index is 13.0. The van der Waals surface area contributed by atoms with E-state index in [1.165, 1.54) is 18.4 Å². The minimum Gasteiger partial charge on any atom is -0.370 e. The minimum atomic E-state index is 0.137. The van der Waals surface area contributed by atoms with Crippen LogP contribution in [-0.4, -0.2) is 42.0 Å². The van der Waals surface area contributed by atoms with Gasteiger partial charge in [-0.05, 0) is 55.6 Å². The van der Waals surface area contributed by atoms with Gasteiger partial charge in [-0.25, -0.2) is 0 Å². The normalized spacial score (nSPS) is 19.0. The summed E-state index contributed by atoms with van der Waals surface area (Å²) in [7, 11) is 0. The van der Waals surface area contributed by atoms with Crippen LogP contribution in [0.1, 0.15) is 48.5 Å². The van der Waals surface area contributed by atoms with Crippen LogP contribution in [-0.2, 0) is 6.42 Å². The zero-order chi connectivity index (χ0) is 19.3. The van der Waals surface area contributed by atoms with Gasteiger partial charge in [-0.1, -0.05) is 37.3 Å². The zero-order valence-corrected chi connectivity index (χ0v) is 16.9. The largest absolute Gasteiger partial charge is 0.370 e. The number of anilines is 1. The van der Waals surface area contributed by atoms with Gasteiger partial charge >= 0.3 is 0 Å². The molecule has 148 valence electrons. The molecular formula is C24H31N3O. The molecule has 4 nitrogen and oxygen atoms in total. The standard InChI is InChI=1S/C24H31N3O/c1-19-7-11-26(12-8-19)23-16-22(17-25-18-23)24(28)27-13-9-21(10-14-27)15-20-5-3-2-4-6-20/h2-6,16-19,21H,7-15H2,1H3. The van der Waals surface area contributed by atoms with E-state index in [9.17, 15) is 4.79 Å². The van der Waals surface area contributed by atoms with E-state index >= 15 is 0 Å². The van der Waals surface area contributed by atoms with Crippen LogP contribution >= 0.6 is 0 Å². The summed E-state index contributed by atoms with van der Waals surface area (Å²) < 4.78 is 0. The van der Waals surface area contributed by atoms with Gasteiger partial charge < -0.3 is 9.80 Å². The molecule has 0 aliphatic carbocycles. The number of hydrogen-bond acceptors (Lipinski definition) is 3. The number of rotatable bonds is 4. The van der Waals surface area contributed by atoms with E-state index < -0.39 is 0 Å². The highest BCUT2D eigenvalue weighted by atomic mass is 16.2. The number of likely N-dealkylation sites (tertiary alicyclic amines) is 1. The fraction of sp³-hybridized carbons (Fsp3) is 0.500. The lowest BCUT2D eigenvalue weighted by Crippen LogP contribution is -2.39. The van der Waals surface area contributed by atoms with Crippen molar-refractivity contribution in [3.05, 3.63) is 59.9 Å². The first kappa shape index (κ1) is 19.0. The summed E-state index contributed by atoms with van der Waals surface area (Å²) in [6, 6.07) is 12.7. The van der Waals surface area contributed by atoms with Gasteiger partial charge in [-0.3, -0.25) is 9.78 Å². The van der Waals surface area contributed by atoms with Crippen LogP contribution in [0.3, 0.4) is 0 Å². The molecule has 4 rings (SSSR count). The van der Waals surface area contributed by atoms with E-state index in [4.69, 9.17) is 0 Å². The number of carbonyl (C=O) groups excluding carboxylic acids is 1. The molecule has 0 atom stereocenters. The van der Waals surface area contributed by atoms with Crippen molar-refractivity contribution in [1.29, 1.82) is 0 Å². The predicted octanol–water partition coefficient (Wildman–Crippen LogP) is 4.41. The summed E-state index contributed by atoms with van der Waals surface area (Å²) >= 11 is 0. The Hall–Kier alpha value is -2.36. The average Bonchev–Trinajstić information content (AvgIpc) is 2.75. The lowest BCUT2D eigenvalue weighted by atomic mass is 9.90. The molecule has 2 aliphatic rings. The number of pyridine rings is 1. The quantitative estimate of drug-likeness (QED) is 0.792. The molecule has 1 amide bonds. The van der Waals surface area contributed by atoms with Crippen molar-refractivity contribution in [1.82, 2.24) is 9.88 Å². The third-order valence-electron chi connectivity index (χ3n) is 6.39. The minimum absolute atomic E-state index is 0.137. The van der Waals surface area contributed by atoms with Crippen molar-refractivity contribution in [2.24, 2.45) is 11.8 Å². The maximum Gasteiger partial charge on any atom is 0.255 e. The van der Waals surface area contributed by atoms with Crippen molar-refractivity contribution in [2.45, 2.75) is 39.0 Å². The van der Waals surface area contributed by atoms with Gasteiger partial charge in [0, 0.05) is 32.4 Å². The Morgan fingerprint density at radius 2 is 1.71 bits per heavy atom. The Morgan fingerprint density at radius 1 is 1.00 bits per heavy atom. The molecule has 0 saturated carbocycles. The molecule has 2 fully saturated rings. The third kappa shape index (κ3) is 4.54. The van der Waals surface area contributed by atoms with Crippen LogP contribution in [0.2, 0.25) is 0 Å². The van der Waals surface area contributed by atoms with Gasteiger partial charge in [0.25, 0.3) is 5.91 Å². The lowest BCUT2D eigenvalue weighted by Gasteiger charge is -2.33. The molecular weight excluding hydrogens is 346 g/mol. The number of amides is 1. The van der Waals surface area contributed by atoms with Gasteiger partial charge in [-0.15, -0.1) is 0 Å². The van der Waals surface area contributed by atoms with Crippen LogP contribution in [0.5, 0.6) is 0 Å². The molecule has 2 aliphatic heterocycles. The summed E-state index contributed by atoms with van der Waals surface area (Å²) in [4.78, 5) is 21.8. The fourth-order valence-corrected chi connectivity index (χ4v) is 4.45. The molecule has 28 heavy (non-hydrogen) atoms. The second-order valence-corrected chi connectivity index (χ2v) is 8.53. The van der Waals surface area contributed by atoms with E-state index in [0.29, 0.717) is 5.92 Å². The van der Waals surface area contributed by atoms with E-state index in [0.717, 1.165) is 62.6 Å². The smallest absolute Gasteiger partial charge is 0.255 e. The molecule has 2 aromatic rings. The lowest BCUT2D eigenvalue weighted by molar-refractivity contribution is 0.0690. The molecule has 3 heterocycles. The second kappa shape index (κ2) is 8.76. The molecule has 0 radical (unpaired) electrons. The zero-order valence-electron chi connectivity index (χ0n) is 16.9. The summed E-state index contributed by atoms with van der Waals surface area (Å²) in [5.41, 5.74) is 3.23. The Morgan fingerprint density at radius 3 is 2.43 bits per heavy atom. The van der Waals surface area contributed by atoms with Crippen LogP contribution in [0.25, 0.3) is 0 Å². The summed E-state index contributed by atoms with van der Waals surface area (Å²) in [6.07, 6.45) is 9.34. The van der Waals surface area contributed by atoms with Crippen molar-refractivity contribution in [2.75, 3.05) is 31.1 Å². The Labute approximate surface area is 168 Å². The van der Waals surface area contributed by atoms with E-state index in [2.05, 4.69) is 47.1 Å². The molecule has 0 bridgehead atoms. The van der Waals surface area contributed by atoms with Gasteiger partial charge in [0.2, 0.25) is 0 Å². The third-order valence-corrected chi connectivity index (χ3v) is 6.39. The van der Waals surface area contributed by atoms with E-state index in [1.54, 1.807) is 6.20 Å². The summed E-state index contributed by atoms with van der Waals surface area (Å²) in [5.74, 6) is 1.61. The highest BCUT2D eigenvalue weighted by Crippen LogP contribution is 2.25. The van der Waals surface area contributed by atoms with E-state index in [1.807, 2.05) is 17.2 Å². The van der Waals surface area contributed by atoms with Crippen molar-refractivity contribution in [3.63, 3.8) is 0 Å². The summed E-state index contributed by atoms with van der Waals surface area (Å²) in [5, 5.41) is 0. The molecule has 0 spiro atoms. The average molecular weight is 378 g/mol. The first-order chi connectivity index (χ1) is 13.7. The predicted molar refractivity (Wildman–Crippen MR) is 114 cm³/mol. The van der Waals surface area contributed by atoms with Gasteiger partial charge in [0.15, 0.2) is 0 Å². The molecule has 0 N–H and O–H groups in total. The maximum atomic E-state index is 13.0. The van der Waals surface area contributed by atoms with Crippen LogP contribution in [0.15, 0.2) is 48.8 Å². The van der Waals surface area contributed by atoms with Gasteiger partial charge in [0.05, 0.1) is 17.4 Å². The number of aromatic nitrogens is 1. The number of piperidine rings is 2. The summed E-state index contributed by atoms with van der Waals surface area (Å²) in [6.45, 7) is 6.14. The van der Waals surface area contributed by atoms with Crippen molar-refractivity contribution in [3.8, 4) is 0 Å². The molecule has 2 saturated heterocycles. The monoisotopic (exact) mass is 377 g/mol. The Bertz CT molecular complexity index is 775. The SMILES string of the molecule is CC1CCN(c2cncc(C(=O)N3CCC(Cc4ccccc4)CC3)c2)CC1. The van der Waals surface area contributed by atoms with Crippen LogP contribution in [0.4, 0.5) is 5.69 Å². The van der Waals surface area contributed by atoms with Crippen molar-refractivity contribution < 1.29 is 4.79 Å². The Balaban J connectivity index is 1.34. The molecule has 4 heteroatoms. The topological polar surface area (TPSA) is 36.4 Å². The molecule has 0 unspecified atom stereocenters. The van der Waals surface area contributed by atoms with Crippen LogP contribution < -0.4 is 4.90 Å². The number of benzene rings is 1. The molecule has 1 aromatic heterocycles. The number of hydrogen-bond donors (Lipinski definition) is 0.